The van der Waals surface area contributed by atoms with E-state index in [9.17, 15) is 19.2 Å². The molecular weight excluding hydrogens is 454 g/mol. The summed E-state index contributed by atoms with van der Waals surface area (Å²) in [4.78, 5) is 57.7. The Hall–Kier alpha value is -3.27. The summed E-state index contributed by atoms with van der Waals surface area (Å²) in [6, 6.07) is 6.25. The van der Waals surface area contributed by atoms with Crippen molar-refractivity contribution in [3.05, 3.63) is 50.7 Å². The van der Waals surface area contributed by atoms with Crippen LogP contribution in [-0.2, 0) is 11.3 Å². The van der Waals surface area contributed by atoms with E-state index >= 15 is 0 Å². The van der Waals surface area contributed by atoms with Gasteiger partial charge in [0.1, 0.15) is 11.2 Å². The van der Waals surface area contributed by atoms with E-state index < -0.39 is 11.6 Å². The molecule has 1 saturated heterocycles. The van der Waals surface area contributed by atoms with Gasteiger partial charge in [-0.05, 0) is 51.7 Å². The van der Waals surface area contributed by atoms with Crippen molar-refractivity contribution >= 4 is 44.2 Å². The van der Waals surface area contributed by atoms with Crippen molar-refractivity contribution in [1.82, 2.24) is 14.1 Å². The number of fused-ring (bicyclic) bond motifs is 1. The average Bonchev–Trinajstić information content (AvgIpc) is 3.23. The van der Waals surface area contributed by atoms with Crippen LogP contribution in [0, 0.1) is 5.92 Å². The molecule has 34 heavy (non-hydrogen) atoms. The van der Waals surface area contributed by atoms with Crippen molar-refractivity contribution in [3.8, 4) is 0 Å². The van der Waals surface area contributed by atoms with E-state index in [0.29, 0.717) is 27.0 Å². The Balaban J connectivity index is 1.72. The van der Waals surface area contributed by atoms with Crippen LogP contribution in [0.2, 0.25) is 0 Å². The number of anilines is 2. The predicted molar refractivity (Wildman–Crippen MR) is 134 cm³/mol. The molecule has 0 spiro atoms. The van der Waals surface area contributed by atoms with Gasteiger partial charge in [0, 0.05) is 30.4 Å². The monoisotopic (exact) mass is 483 g/mol. The molecule has 2 aromatic heterocycles. The lowest BCUT2D eigenvalue weighted by molar-refractivity contribution is -0.116. The number of aromatic nitrogens is 3. The van der Waals surface area contributed by atoms with Crippen molar-refractivity contribution in [2.45, 2.75) is 53.1 Å². The molecule has 10 heteroatoms. The van der Waals surface area contributed by atoms with Crippen molar-refractivity contribution in [1.29, 1.82) is 0 Å². The minimum atomic E-state index is -0.566. The summed E-state index contributed by atoms with van der Waals surface area (Å²) in [5.74, 6) is 0.0896. The van der Waals surface area contributed by atoms with E-state index in [2.05, 4.69) is 22.1 Å². The fourth-order valence-corrected chi connectivity index (χ4v) is 5.19. The number of carbonyl (C=O) groups excluding carboxylic acids is 2. The molecule has 1 aromatic carbocycles. The summed E-state index contributed by atoms with van der Waals surface area (Å²) in [6.07, 6.45) is 2.08. The Labute approximate surface area is 201 Å². The molecule has 0 saturated carbocycles. The van der Waals surface area contributed by atoms with Crippen LogP contribution in [0.5, 0.6) is 0 Å². The number of nitrogens with one attached hydrogen (secondary N) is 1. The fraction of sp³-hybridized carbons (Fsp3) is 0.458. The highest BCUT2D eigenvalue weighted by molar-refractivity contribution is 7.22. The molecule has 1 amide bonds. The Bertz CT molecular complexity index is 1360. The molecule has 1 N–H and O–H groups in total. The predicted octanol–water partition coefficient (Wildman–Crippen LogP) is 3.28. The first-order chi connectivity index (χ1) is 16.2. The maximum Gasteiger partial charge on any atom is 0.333 e. The second-order valence-corrected chi connectivity index (χ2v) is 10.1. The molecule has 180 valence electrons. The van der Waals surface area contributed by atoms with Gasteiger partial charge in [0.05, 0.1) is 0 Å². The Morgan fingerprint density at radius 1 is 1.21 bits per heavy atom. The van der Waals surface area contributed by atoms with Crippen LogP contribution in [0.25, 0.3) is 10.3 Å². The summed E-state index contributed by atoms with van der Waals surface area (Å²) in [5.41, 5.74) is 0.226. The molecule has 4 rings (SSSR count). The Morgan fingerprint density at radius 3 is 2.56 bits per heavy atom. The second kappa shape index (κ2) is 9.54. The standard InChI is InChI=1S/C24H29N5O4S/c1-14(2)29-22(32)20-21(26-23(34-20)27-10-8-15(3)9-11-27)28(24(29)33)13-19(31)25-18-7-5-6-17(12-18)16(4)30/h5-7,12,14-15H,8-11,13H2,1-4H3,(H,25,31). The number of hydrogen-bond donors (Lipinski definition) is 1. The van der Waals surface area contributed by atoms with Crippen LogP contribution < -0.4 is 21.5 Å². The van der Waals surface area contributed by atoms with Crippen LogP contribution in [0.3, 0.4) is 0 Å². The molecule has 0 aliphatic carbocycles. The number of piperidine rings is 1. The summed E-state index contributed by atoms with van der Waals surface area (Å²) >= 11 is 1.27. The number of benzene rings is 1. The molecule has 0 unspecified atom stereocenters. The first kappa shape index (κ1) is 23.9. The topological polar surface area (TPSA) is 106 Å². The zero-order valence-electron chi connectivity index (χ0n) is 19.8. The van der Waals surface area contributed by atoms with E-state index in [1.807, 2.05) is 0 Å². The summed E-state index contributed by atoms with van der Waals surface area (Å²) < 4.78 is 2.81. The Morgan fingerprint density at radius 2 is 1.91 bits per heavy atom. The van der Waals surface area contributed by atoms with Gasteiger partial charge < -0.3 is 10.2 Å². The van der Waals surface area contributed by atoms with Gasteiger partial charge in [-0.25, -0.2) is 9.78 Å². The van der Waals surface area contributed by atoms with Crippen LogP contribution in [0.4, 0.5) is 10.8 Å². The van der Waals surface area contributed by atoms with Gasteiger partial charge in [0.15, 0.2) is 16.6 Å². The highest BCUT2D eigenvalue weighted by Crippen LogP contribution is 2.29. The van der Waals surface area contributed by atoms with Crippen LogP contribution in [0.1, 0.15) is 56.9 Å². The number of hydrogen-bond acceptors (Lipinski definition) is 7. The van der Waals surface area contributed by atoms with Gasteiger partial charge in [-0.15, -0.1) is 0 Å². The lowest BCUT2D eigenvalue weighted by Gasteiger charge is -2.29. The van der Waals surface area contributed by atoms with Crippen molar-refractivity contribution in [2.75, 3.05) is 23.3 Å². The van der Waals surface area contributed by atoms with Crippen LogP contribution >= 0.6 is 11.3 Å². The van der Waals surface area contributed by atoms with Gasteiger partial charge >= 0.3 is 5.69 Å². The molecule has 3 aromatic rings. The molecule has 0 radical (unpaired) electrons. The van der Waals surface area contributed by atoms with Gasteiger partial charge in [-0.1, -0.05) is 30.4 Å². The number of amides is 1. The largest absolute Gasteiger partial charge is 0.348 e. The van der Waals surface area contributed by atoms with Gasteiger partial charge in [0.2, 0.25) is 5.91 Å². The summed E-state index contributed by atoms with van der Waals surface area (Å²) in [5, 5.41) is 3.44. The first-order valence-corrected chi connectivity index (χ1v) is 12.3. The lowest BCUT2D eigenvalue weighted by atomic mass is 10.00. The van der Waals surface area contributed by atoms with Gasteiger partial charge in [-0.2, -0.15) is 0 Å². The van der Waals surface area contributed by atoms with E-state index in [1.165, 1.54) is 27.4 Å². The van der Waals surface area contributed by atoms with E-state index in [1.54, 1.807) is 38.1 Å². The van der Waals surface area contributed by atoms with Gasteiger partial charge in [-0.3, -0.25) is 23.5 Å². The SMILES string of the molecule is CC(=O)c1cccc(NC(=O)Cn2c(=O)n(C(C)C)c(=O)c3sc(N4CCC(C)CC4)nc32)c1. The lowest BCUT2D eigenvalue weighted by Crippen LogP contribution is -2.42. The molecule has 3 heterocycles. The number of Topliss-reactive ketones (excluding diaryl/α,β-unsaturated/α-hetero) is 1. The smallest absolute Gasteiger partial charge is 0.333 e. The quantitative estimate of drug-likeness (QED) is 0.540. The maximum atomic E-state index is 13.3. The molecule has 0 atom stereocenters. The fourth-order valence-electron chi connectivity index (χ4n) is 4.13. The van der Waals surface area contributed by atoms with Crippen LogP contribution in [-0.4, -0.2) is 38.9 Å². The molecule has 0 bridgehead atoms. The number of carbonyl (C=O) groups is 2. The van der Waals surface area contributed by atoms with Crippen molar-refractivity contribution in [3.63, 3.8) is 0 Å². The minimum absolute atomic E-state index is 0.111. The number of ketones is 1. The first-order valence-electron chi connectivity index (χ1n) is 11.5. The molecule has 9 nitrogen and oxygen atoms in total. The van der Waals surface area contributed by atoms with E-state index in [-0.39, 0.29) is 29.6 Å². The zero-order valence-corrected chi connectivity index (χ0v) is 20.6. The van der Waals surface area contributed by atoms with Crippen molar-refractivity contribution in [2.24, 2.45) is 5.92 Å². The second-order valence-electron chi connectivity index (χ2n) is 9.14. The molecular formula is C24H29N5O4S. The molecule has 1 fully saturated rings. The number of rotatable bonds is 6. The minimum Gasteiger partial charge on any atom is -0.348 e. The molecule has 1 aliphatic rings. The summed E-state index contributed by atoms with van der Waals surface area (Å²) in [7, 11) is 0. The third-order valence-electron chi connectivity index (χ3n) is 6.13. The highest BCUT2D eigenvalue weighted by atomic mass is 32.1. The summed E-state index contributed by atoms with van der Waals surface area (Å²) in [6.45, 7) is 8.59. The normalized spacial score (nSPS) is 14.7. The maximum absolute atomic E-state index is 13.3. The van der Waals surface area contributed by atoms with Crippen molar-refractivity contribution < 1.29 is 9.59 Å². The van der Waals surface area contributed by atoms with E-state index in [0.717, 1.165) is 25.9 Å². The Kier molecular flexibility index (Phi) is 6.70. The third kappa shape index (κ3) is 4.68. The van der Waals surface area contributed by atoms with Gasteiger partial charge in [0.25, 0.3) is 5.56 Å². The van der Waals surface area contributed by atoms with Crippen LogP contribution in [0.15, 0.2) is 33.9 Å². The molecule has 1 aliphatic heterocycles. The average molecular weight is 484 g/mol. The number of thiazole rings is 1. The highest BCUT2D eigenvalue weighted by Gasteiger charge is 2.24. The number of nitrogens with zero attached hydrogens (tertiary/aromatic N) is 4. The van der Waals surface area contributed by atoms with E-state index in [4.69, 9.17) is 0 Å². The third-order valence-corrected chi connectivity index (χ3v) is 7.22. The zero-order chi connectivity index (χ0) is 24.6.